The maximum absolute atomic E-state index is 11.1. The number of hydrogen-bond donors (Lipinski definition) is 1. The summed E-state index contributed by atoms with van der Waals surface area (Å²) in [6.07, 6.45) is 0. The molecule has 0 aliphatic carbocycles. The van der Waals surface area contributed by atoms with Gasteiger partial charge in [0.15, 0.2) is 0 Å². The molecule has 0 saturated carbocycles. The van der Waals surface area contributed by atoms with Crippen LogP contribution in [0.3, 0.4) is 0 Å². The van der Waals surface area contributed by atoms with E-state index >= 15 is 0 Å². The predicted octanol–water partition coefficient (Wildman–Crippen LogP) is 2.44. The Bertz CT molecular complexity index is 334. The number of alkyl halides is 3. The highest BCUT2D eigenvalue weighted by Gasteiger charge is 2.30. The van der Waals surface area contributed by atoms with Crippen LogP contribution < -0.4 is 5.32 Å². The van der Waals surface area contributed by atoms with Crippen molar-refractivity contribution in [1.82, 2.24) is 10.3 Å². The van der Waals surface area contributed by atoms with Crippen LogP contribution in [-0.4, -0.2) is 14.7 Å². The molecule has 1 N–H and O–H groups in total. The molecule has 14 heavy (non-hydrogen) atoms. The smallest absolute Gasteiger partial charge is 0.272 e. The number of aromatic nitrogens is 1. The van der Waals surface area contributed by atoms with Gasteiger partial charge in [-0.2, -0.15) is 0 Å². The van der Waals surface area contributed by atoms with Crippen LogP contribution in [0, 0.1) is 6.92 Å². The molecule has 7 heteroatoms. The maximum atomic E-state index is 11.1. The van der Waals surface area contributed by atoms with Crippen LogP contribution in [0.2, 0.25) is 0 Å². The Morgan fingerprint density at radius 3 is 2.71 bits per heavy atom. The van der Waals surface area contributed by atoms with Crippen LogP contribution in [0.25, 0.3) is 0 Å². The molecular weight excluding hydrogens is 267 g/mol. The number of nitrogens with zero attached hydrogens (tertiary/aromatic N) is 1. The highest BCUT2D eigenvalue weighted by Crippen LogP contribution is 2.25. The molecule has 1 aromatic heterocycles. The summed E-state index contributed by atoms with van der Waals surface area (Å²) in [5.74, 6) is -0.645. The van der Waals surface area contributed by atoms with Crippen molar-refractivity contribution in [3.05, 3.63) is 16.1 Å². The molecule has 1 rings (SSSR count). The van der Waals surface area contributed by atoms with Gasteiger partial charge in [-0.05, 0) is 6.92 Å². The van der Waals surface area contributed by atoms with Gasteiger partial charge in [0.1, 0.15) is 0 Å². The fourth-order valence-electron chi connectivity index (χ4n) is 0.760. The fraction of sp³-hybridized carbons (Fsp3) is 0.429. The highest BCUT2D eigenvalue weighted by molar-refractivity contribution is 7.09. The van der Waals surface area contributed by atoms with Crippen LogP contribution in [0.4, 0.5) is 0 Å². The van der Waals surface area contributed by atoms with E-state index in [1.165, 1.54) is 11.3 Å². The minimum absolute atomic E-state index is 0.275. The zero-order valence-electron chi connectivity index (χ0n) is 7.18. The van der Waals surface area contributed by atoms with Crippen LogP contribution in [-0.2, 0) is 11.3 Å². The van der Waals surface area contributed by atoms with Crippen LogP contribution in [0.15, 0.2) is 5.38 Å². The van der Waals surface area contributed by atoms with Gasteiger partial charge in [-0.3, -0.25) is 4.79 Å². The number of nitrogens with one attached hydrogen (secondary N) is 1. The molecular formula is C7H7Cl3N2OS. The fourth-order valence-corrected chi connectivity index (χ4v) is 1.57. The highest BCUT2D eigenvalue weighted by atomic mass is 35.6. The number of amides is 1. The zero-order chi connectivity index (χ0) is 10.8. The molecule has 1 amide bonds. The minimum atomic E-state index is -1.91. The third-order valence-electron chi connectivity index (χ3n) is 1.35. The SMILES string of the molecule is Cc1nc(CNC(=O)C(Cl)(Cl)Cl)cs1. The molecule has 0 aliphatic heterocycles. The quantitative estimate of drug-likeness (QED) is 0.841. The van der Waals surface area contributed by atoms with Gasteiger partial charge in [0.25, 0.3) is 9.70 Å². The van der Waals surface area contributed by atoms with E-state index in [4.69, 9.17) is 34.8 Å². The lowest BCUT2D eigenvalue weighted by atomic mass is 10.5. The Kier molecular flexibility index (Phi) is 4.01. The Morgan fingerprint density at radius 2 is 2.29 bits per heavy atom. The van der Waals surface area contributed by atoms with Crippen LogP contribution in [0.5, 0.6) is 0 Å². The summed E-state index contributed by atoms with van der Waals surface area (Å²) in [5.41, 5.74) is 0.759. The van der Waals surface area contributed by atoms with Gasteiger partial charge in [0, 0.05) is 5.38 Å². The number of thiazole rings is 1. The van der Waals surface area contributed by atoms with Gasteiger partial charge in [-0.15, -0.1) is 11.3 Å². The van der Waals surface area contributed by atoms with Crippen molar-refractivity contribution < 1.29 is 4.79 Å². The lowest BCUT2D eigenvalue weighted by Gasteiger charge is -2.09. The summed E-state index contributed by atoms with van der Waals surface area (Å²) in [7, 11) is 0. The van der Waals surface area contributed by atoms with Crippen molar-refractivity contribution in [2.75, 3.05) is 0 Å². The molecule has 0 fully saturated rings. The van der Waals surface area contributed by atoms with Crippen molar-refractivity contribution in [3.63, 3.8) is 0 Å². The second kappa shape index (κ2) is 4.66. The average molecular weight is 274 g/mol. The Hall–Kier alpha value is -0.0300. The van der Waals surface area contributed by atoms with Crippen molar-refractivity contribution in [3.8, 4) is 0 Å². The van der Waals surface area contributed by atoms with Crippen molar-refractivity contribution in [2.45, 2.75) is 17.3 Å². The molecule has 0 radical (unpaired) electrons. The minimum Gasteiger partial charge on any atom is -0.347 e. The first-order valence-corrected chi connectivity index (χ1v) is 5.67. The van der Waals surface area contributed by atoms with Gasteiger partial charge >= 0.3 is 0 Å². The summed E-state index contributed by atoms with van der Waals surface area (Å²) in [4.78, 5) is 15.3. The molecule has 0 spiro atoms. The normalized spacial score (nSPS) is 11.4. The van der Waals surface area contributed by atoms with E-state index in [9.17, 15) is 4.79 Å². The number of rotatable bonds is 2. The number of carbonyl (C=O) groups excluding carboxylic acids is 1. The molecule has 0 saturated heterocycles. The van der Waals surface area contributed by atoms with E-state index < -0.39 is 9.70 Å². The monoisotopic (exact) mass is 272 g/mol. The van der Waals surface area contributed by atoms with E-state index in [0.29, 0.717) is 0 Å². The van der Waals surface area contributed by atoms with Crippen molar-refractivity contribution >= 4 is 52.0 Å². The van der Waals surface area contributed by atoms with E-state index in [-0.39, 0.29) is 6.54 Å². The molecule has 1 aromatic rings. The summed E-state index contributed by atoms with van der Waals surface area (Å²) in [5, 5.41) is 5.24. The third kappa shape index (κ3) is 3.61. The predicted molar refractivity (Wildman–Crippen MR) is 59.0 cm³/mol. The molecule has 0 atom stereocenters. The summed E-state index contributed by atoms with van der Waals surface area (Å²) in [6, 6.07) is 0. The first kappa shape index (κ1) is 12.0. The second-order valence-electron chi connectivity index (χ2n) is 2.54. The van der Waals surface area contributed by atoms with Crippen molar-refractivity contribution in [2.24, 2.45) is 0 Å². The average Bonchev–Trinajstić information content (AvgIpc) is 2.45. The maximum Gasteiger partial charge on any atom is 0.272 e. The molecule has 0 aliphatic rings. The van der Waals surface area contributed by atoms with Gasteiger partial charge in [0.2, 0.25) is 0 Å². The molecule has 0 bridgehead atoms. The largest absolute Gasteiger partial charge is 0.347 e. The third-order valence-corrected chi connectivity index (χ3v) is 2.69. The van der Waals surface area contributed by atoms with Gasteiger partial charge in [-0.25, -0.2) is 4.98 Å². The molecule has 3 nitrogen and oxygen atoms in total. The van der Waals surface area contributed by atoms with Crippen LogP contribution >= 0.6 is 46.1 Å². The molecule has 0 unspecified atom stereocenters. The van der Waals surface area contributed by atoms with Crippen LogP contribution in [0.1, 0.15) is 10.7 Å². The first-order chi connectivity index (χ1) is 6.39. The van der Waals surface area contributed by atoms with Crippen molar-refractivity contribution in [1.29, 1.82) is 0 Å². The number of carbonyl (C=O) groups is 1. The molecule has 78 valence electrons. The zero-order valence-corrected chi connectivity index (χ0v) is 10.3. The Morgan fingerprint density at radius 1 is 1.64 bits per heavy atom. The molecule has 0 aromatic carbocycles. The summed E-state index contributed by atoms with van der Waals surface area (Å²) >= 11 is 17.6. The van der Waals surface area contributed by atoms with E-state index in [1.807, 2.05) is 12.3 Å². The summed E-state index contributed by atoms with van der Waals surface area (Å²) < 4.78 is -1.91. The lowest BCUT2D eigenvalue weighted by molar-refractivity contribution is -0.120. The van der Waals surface area contributed by atoms with E-state index in [0.717, 1.165) is 10.7 Å². The second-order valence-corrected chi connectivity index (χ2v) is 5.88. The standard InChI is InChI=1S/C7H7Cl3N2OS/c1-4-12-5(3-14-4)2-11-6(13)7(8,9)10/h3H,2H2,1H3,(H,11,13). The van der Waals surface area contributed by atoms with Gasteiger partial charge < -0.3 is 5.32 Å². The first-order valence-electron chi connectivity index (χ1n) is 3.65. The number of halogens is 3. The van der Waals surface area contributed by atoms with E-state index in [2.05, 4.69) is 10.3 Å². The van der Waals surface area contributed by atoms with Gasteiger partial charge in [0.05, 0.1) is 17.2 Å². The summed E-state index contributed by atoms with van der Waals surface area (Å²) in [6.45, 7) is 2.15. The number of hydrogen-bond acceptors (Lipinski definition) is 3. The Labute approximate surface area is 100 Å². The van der Waals surface area contributed by atoms with E-state index in [1.54, 1.807) is 0 Å². The topological polar surface area (TPSA) is 42.0 Å². The Balaban J connectivity index is 2.46. The van der Waals surface area contributed by atoms with Gasteiger partial charge in [-0.1, -0.05) is 34.8 Å². The molecule has 1 heterocycles. The number of aryl methyl sites for hydroxylation is 1. The lowest BCUT2D eigenvalue weighted by Crippen LogP contribution is -2.34.